The van der Waals surface area contributed by atoms with Crippen LogP contribution in [-0.4, -0.2) is 11.3 Å². The van der Waals surface area contributed by atoms with Crippen LogP contribution in [0.5, 0.6) is 0 Å². The van der Waals surface area contributed by atoms with Gasteiger partial charge in [-0.15, -0.1) is 11.6 Å². The molecule has 2 nitrogen and oxygen atoms in total. The largest absolute Gasteiger partial charge is 0.369 e. The van der Waals surface area contributed by atoms with Crippen molar-refractivity contribution < 1.29 is 4.79 Å². The summed E-state index contributed by atoms with van der Waals surface area (Å²) in [7, 11) is 0. The van der Waals surface area contributed by atoms with E-state index in [0.717, 1.165) is 24.8 Å². The fraction of sp³-hybridized carbons (Fsp3) is 0.625. The summed E-state index contributed by atoms with van der Waals surface area (Å²) >= 11 is 5.91. The van der Waals surface area contributed by atoms with E-state index in [4.69, 9.17) is 17.3 Å². The van der Waals surface area contributed by atoms with Crippen molar-refractivity contribution in [2.45, 2.75) is 24.6 Å². The number of nitrogens with two attached hydrogens (primary N) is 1. The third-order valence-corrected chi connectivity index (χ3v) is 2.55. The monoisotopic (exact) mass is 173 g/mol. The summed E-state index contributed by atoms with van der Waals surface area (Å²) in [5.41, 5.74) is 6.28. The second-order valence-electron chi connectivity index (χ2n) is 3.02. The van der Waals surface area contributed by atoms with Gasteiger partial charge in [0.15, 0.2) is 0 Å². The molecular formula is C8H12ClNO. The molecule has 1 fully saturated rings. The van der Waals surface area contributed by atoms with Gasteiger partial charge in [0.05, 0.1) is 5.92 Å². The molecule has 0 aromatic carbocycles. The van der Waals surface area contributed by atoms with Crippen LogP contribution in [0, 0.1) is 5.92 Å². The first-order valence-electron chi connectivity index (χ1n) is 3.71. The van der Waals surface area contributed by atoms with E-state index in [9.17, 15) is 4.79 Å². The molecule has 0 aliphatic heterocycles. The van der Waals surface area contributed by atoms with Gasteiger partial charge in [0, 0.05) is 5.38 Å². The van der Waals surface area contributed by atoms with Crippen molar-refractivity contribution in [3.63, 3.8) is 0 Å². The van der Waals surface area contributed by atoms with Crippen molar-refractivity contribution in [3.8, 4) is 0 Å². The van der Waals surface area contributed by atoms with Crippen LogP contribution < -0.4 is 5.73 Å². The minimum absolute atomic E-state index is 0.131. The van der Waals surface area contributed by atoms with E-state index in [-0.39, 0.29) is 17.2 Å². The highest BCUT2D eigenvalue weighted by molar-refractivity contribution is 6.22. The Labute approximate surface area is 71.4 Å². The van der Waals surface area contributed by atoms with Crippen molar-refractivity contribution in [1.82, 2.24) is 0 Å². The summed E-state index contributed by atoms with van der Waals surface area (Å²) in [5, 5.41) is -0.131. The minimum Gasteiger partial charge on any atom is -0.369 e. The lowest BCUT2D eigenvalue weighted by atomic mass is 9.86. The first-order valence-corrected chi connectivity index (χ1v) is 4.15. The fourth-order valence-electron chi connectivity index (χ4n) is 1.38. The highest BCUT2D eigenvalue weighted by Crippen LogP contribution is 2.30. The van der Waals surface area contributed by atoms with E-state index in [1.54, 1.807) is 0 Å². The lowest BCUT2D eigenvalue weighted by Gasteiger charge is -2.25. The van der Waals surface area contributed by atoms with Crippen LogP contribution in [0.15, 0.2) is 12.2 Å². The van der Waals surface area contributed by atoms with Crippen molar-refractivity contribution in [1.29, 1.82) is 0 Å². The van der Waals surface area contributed by atoms with Crippen LogP contribution in [0.4, 0.5) is 0 Å². The number of amides is 1. The van der Waals surface area contributed by atoms with Gasteiger partial charge in [0.25, 0.3) is 0 Å². The highest BCUT2D eigenvalue weighted by Gasteiger charge is 2.28. The molecular weight excluding hydrogens is 162 g/mol. The van der Waals surface area contributed by atoms with Crippen LogP contribution >= 0.6 is 11.6 Å². The lowest BCUT2D eigenvalue weighted by molar-refractivity contribution is -0.122. The molecule has 1 saturated carbocycles. The maximum absolute atomic E-state index is 10.8. The molecule has 3 heteroatoms. The van der Waals surface area contributed by atoms with E-state index in [1.165, 1.54) is 0 Å². The van der Waals surface area contributed by atoms with Gasteiger partial charge in [-0.2, -0.15) is 0 Å². The molecule has 62 valence electrons. The van der Waals surface area contributed by atoms with Crippen LogP contribution in [0.25, 0.3) is 0 Å². The molecule has 0 aromatic heterocycles. The summed E-state index contributed by atoms with van der Waals surface area (Å²) in [6.45, 7) is 3.82. The maximum atomic E-state index is 10.8. The Morgan fingerprint density at radius 2 is 2.36 bits per heavy atom. The van der Waals surface area contributed by atoms with Crippen molar-refractivity contribution in [3.05, 3.63) is 12.2 Å². The summed E-state index contributed by atoms with van der Waals surface area (Å²) in [6, 6.07) is 0. The first kappa shape index (κ1) is 8.60. The third-order valence-electron chi connectivity index (χ3n) is 2.09. The van der Waals surface area contributed by atoms with E-state index >= 15 is 0 Å². The van der Waals surface area contributed by atoms with Crippen LogP contribution in [0.3, 0.4) is 0 Å². The summed E-state index contributed by atoms with van der Waals surface area (Å²) in [6.07, 6.45) is 2.38. The molecule has 0 radical (unpaired) electrons. The van der Waals surface area contributed by atoms with Gasteiger partial charge in [-0.3, -0.25) is 4.79 Å². The average molecular weight is 174 g/mol. The SMILES string of the molecule is C=C1CCC(C(N)=O)C(Cl)C1. The second kappa shape index (κ2) is 3.26. The molecule has 2 N–H and O–H groups in total. The smallest absolute Gasteiger partial charge is 0.222 e. The Bertz CT molecular complexity index is 191. The van der Waals surface area contributed by atoms with Gasteiger partial charge in [-0.1, -0.05) is 12.2 Å². The molecule has 0 spiro atoms. The van der Waals surface area contributed by atoms with Crippen molar-refractivity contribution in [2.24, 2.45) is 11.7 Å². The molecule has 1 aliphatic carbocycles. The maximum Gasteiger partial charge on any atom is 0.222 e. The van der Waals surface area contributed by atoms with Gasteiger partial charge in [0.2, 0.25) is 5.91 Å². The average Bonchev–Trinajstić information content (AvgIpc) is 1.85. The number of alkyl halides is 1. The standard InChI is InChI=1S/C8H12ClNO/c1-5-2-3-6(8(10)11)7(9)4-5/h6-7H,1-4H2,(H2,10,11). The van der Waals surface area contributed by atoms with Crippen molar-refractivity contribution in [2.75, 3.05) is 0 Å². The predicted octanol–water partition coefficient (Wildman–Crippen LogP) is 1.44. The molecule has 0 heterocycles. The van der Waals surface area contributed by atoms with Crippen LogP contribution in [0.2, 0.25) is 0 Å². The zero-order valence-corrected chi connectivity index (χ0v) is 7.10. The topological polar surface area (TPSA) is 43.1 Å². The molecule has 1 aliphatic rings. The number of rotatable bonds is 1. The Balaban J connectivity index is 2.57. The zero-order chi connectivity index (χ0) is 8.43. The van der Waals surface area contributed by atoms with Gasteiger partial charge >= 0.3 is 0 Å². The first-order chi connectivity index (χ1) is 5.11. The number of halogens is 1. The van der Waals surface area contributed by atoms with E-state index in [0.29, 0.717) is 0 Å². The third kappa shape index (κ3) is 1.96. The lowest BCUT2D eigenvalue weighted by Crippen LogP contribution is -2.33. The zero-order valence-electron chi connectivity index (χ0n) is 6.35. The van der Waals surface area contributed by atoms with Crippen LogP contribution in [-0.2, 0) is 4.79 Å². The quantitative estimate of drug-likeness (QED) is 0.473. The number of allylic oxidation sites excluding steroid dienone is 1. The molecule has 0 saturated heterocycles. The number of carbonyl (C=O) groups is 1. The number of hydrogen-bond acceptors (Lipinski definition) is 1. The molecule has 0 aromatic rings. The predicted molar refractivity (Wildman–Crippen MR) is 45.3 cm³/mol. The Morgan fingerprint density at radius 3 is 2.82 bits per heavy atom. The Hall–Kier alpha value is -0.500. The molecule has 1 amide bonds. The van der Waals surface area contributed by atoms with Crippen molar-refractivity contribution >= 4 is 17.5 Å². The number of hydrogen-bond donors (Lipinski definition) is 1. The Kier molecular flexibility index (Phi) is 2.55. The van der Waals surface area contributed by atoms with E-state index < -0.39 is 0 Å². The number of primary amides is 1. The van der Waals surface area contributed by atoms with Gasteiger partial charge in [-0.05, 0) is 19.3 Å². The van der Waals surface area contributed by atoms with Gasteiger partial charge in [-0.25, -0.2) is 0 Å². The Morgan fingerprint density at radius 1 is 1.73 bits per heavy atom. The molecule has 0 bridgehead atoms. The van der Waals surface area contributed by atoms with Gasteiger partial charge in [0.1, 0.15) is 0 Å². The molecule has 1 rings (SSSR count). The van der Waals surface area contributed by atoms with Crippen LogP contribution in [0.1, 0.15) is 19.3 Å². The number of carbonyl (C=O) groups excluding carboxylic acids is 1. The van der Waals surface area contributed by atoms with Gasteiger partial charge < -0.3 is 5.73 Å². The molecule has 2 unspecified atom stereocenters. The summed E-state index contributed by atoms with van der Waals surface area (Å²) in [5.74, 6) is -0.431. The normalized spacial score (nSPS) is 31.9. The summed E-state index contributed by atoms with van der Waals surface area (Å²) < 4.78 is 0. The van der Waals surface area contributed by atoms with E-state index in [2.05, 4.69) is 6.58 Å². The molecule has 11 heavy (non-hydrogen) atoms. The van der Waals surface area contributed by atoms with E-state index in [1.807, 2.05) is 0 Å². The highest BCUT2D eigenvalue weighted by atomic mass is 35.5. The fourth-order valence-corrected chi connectivity index (χ4v) is 1.85. The minimum atomic E-state index is -0.280. The molecule has 2 atom stereocenters. The summed E-state index contributed by atoms with van der Waals surface area (Å²) in [4.78, 5) is 10.8. The second-order valence-corrected chi connectivity index (χ2v) is 3.58.